The lowest BCUT2D eigenvalue weighted by molar-refractivity contribution is -0.136. The van der Waals surface area contributed by atoms with Crippen LogP contribution >= 0.6 is 0 Å². The van der Waals surface area contributed by atoms with E-state index in [4.69, 9.17) is 5.11 Å². The summed E-state index contributed by atoms with van der Waals surface area (Å²) < 4.78 is 1.23. The SMILES string of the molecule is CCNC(=O)C(C)n1c(C)c(CC(=O)O)c(C)nc1=O. The largest absolute Gasteiger partial charge is 0.481 e. The number of hydrogen-bond donors (Lipinski definition) is 2. The van der Waals surface area contributed by atoms with Crippen LogP contribution in [0.15, 0.2) is 4.79 Å². The number of carboxylic acids is 1. The van der Waals surface area contributed by atoms with Gasteiger partial charge in [0.25, 0.3) is 0 Å². The van der Waals surface area contributed by atoms with Crippen LogP contribution in [0, 0.1) is 13.8 Å². The monoisotopic (exact) mass is 281 g/mol. The molecule has 110 valence electrons. The molecular formula is C13H19N3O4. The minimum atomic E-state index is -1.01. The highest BCUT2D eigenvalue weighted by Crippen LogP contribution is 2.14. The van der Waals surface area contributed by atoms with Crippen LogP contribution in [0.2, 0.25) is 0 Å². The molecule has 0 aliphatic carbocycles. The fraction of sp³-hybridized carbons (Fsp3) is 0.538. The summed E-state index contributed by atoms with van der Waals surface area (Å²) in [6.07, 6.45) is -0.229. The normalized spacial score (nSPS) is 12.0. The Kier molecular flexibility index (Phi) is 5.01. The van der Waals surface area contributed by atoms with Gasteiger partial charge < -0.3 is 10.4 Å². The van der Waals surface area contributed by atoms with E-state index in [1.807, 2.05) is 0 Å². The summed E-state index contributed by atoms with van der Waals surface area (Å²) in [5.74, 6) is -1.31. The Morgan fingerprint density at radius 1 is 1.40 bits per heavy atom. The number of rotatable bonds is 5. The summed E-state index contributed by atoms with van der Waals surface area (Å²) >= 11 is 0. The third-order valence-electron chi connectivity index (χ3n) is 3.15. The van der Waals surface area contributed by atoms with Gasteiger partial charge in [-0.3, -0.25) is 14.2 Å². The van der Waals surface area contributed by atoms with E-state index in [9.17, 15) is 14.4 Å². The number of carboxylic acid groups (broad SMARTS) is 1. The van der Waals surface area contributed by atoms with Gasteiger partial charge in [-0.1, -0.05) is 0 Å². The van der Waals surface area contributed by atoms with Gasteiger partial charge in [-0.15, -0.1) is 0 Å². The first-order chi connectivity index (χ1) is 9.29. The van der Waals surface area contributed by atoms with Crippen LogP contribution in [-0.2, 0) is 16.0 Å². The van der Waals surface area contributed by atoms with Gasteiger partial charge in [0.15, 0.2) is 0 Å². The fourth-order valence-corrected chi connectivity index (χ4v) is 2.12. The van der Waals surface area contributed by atoms with E-state index in [2.05, 4.69) is 10.3 Å². The topological polar surface area (TPSA) is 101 Å². The molecule has 0 spiro atoms. The van der Waals surface area contributed by atoms with Crippen LogP contribution in [0.25, 0.3) is 0 Å². The van der Waals surface area contributed by atoms with Gasteiger partial charge in [0.05, 0.1) is 6.42 Å². The third-order valence-corrected chi connectivity index (χ3v) is 3.15. The number of aromatic nitrogens is 2. The Balaban J connectivity index is 3.36. The smallest absolute Gasteiger partial charge is 0.348 e. The van der Waals surface area contributed by atoms with Crippen molar-refractivity contribution in [2.45, 2.75) is 40.2 Å². The van der Waals surface area contributed by atoms with Gasteiger partial charge in [-0.05, 0) is 27.7 Å². The second-order valence-corrected chi connectivity index (χ2v) is 4.55. The molecule has 0 saturated carbocycles. The van der Waals surface area contributed by atoms with Gasteiger partial charge in [0.2, 0.25) is 5.91 Å². The molecule has 0 aliphatic rings. The number of aliphatic carboxylic acids is 1. The highest BCUT2D eigenvalue weighted by atomic mass is 16.4. The van der Waals surface area contributed by atoms with Crippen LogP contribution in [0.3, 0.4) is 0 Å². The zero-order valence-electron chi connectivity index (χ0n) is 12.1. The zero-order valence-corrected chi connectivity index (χ0v) is 12.1. The summed E-state index contributed by atoms with van der Waals surface area (Å²) in [4.78, 5) is 38.5. The van der Waals surface area contributed by atoms with Crippen molar-refractivity contribution in [3.8, 4) is 0 Å². The van der Waals surface area contributed by atoms with Crippen LogP contribution < -0.4 is 11.0 Å². The van der Waals surface area contributed by atoms with Gasteiger partial charge >= 0.3 is 11.7 Å². The number of carbonyl (C=O) groups is 2. The first kappa shape index (κ1) is 15.9. The molecule has 1 unspecified atom stereocenters. The number of nitrogens with zero attached hydrogens (tertiary/aromatic N) is 2. The molecule has 0 bridgehead atoms. The summed E-state index contributed by atoms with van der Waals surface area (Å²) in [7, 11) is 0. The standard InChI is InChI=1S/C13H19N3O4/c1-5-14-12(19)9(4)16-8(3)10(6-11(17)18)7(2)15-13(16)20/h9H,5-6H2,1-4H3,(H,14,19)(H,17,18). The predicted octanol–water partition coefficient (Wildman–Crippen LogP) is 0.184. The summed E-state index contributed by atoms with van der Waals surface area (Å²) in [6.45, 7) is 7.04. The van der Waals surface area contributed by atoms with Crippen molar-refractivity contribution in [1.82, 2.24) is 14.9 Å². The highest BCUT2D eigenvalue weighted by molar-refractivity contribution is 5.80. The van der Waals surface area contributed by atoms with Crippen LogP contribution in [0.5, 0.6) is 0 Å². The molecule has 7 heteroatoms. The molecule has 1 amide bonds. The number of amides is 1. The Bertz CT molecular complexity index is 592. The number of hydrogen-bond acceptors (Lipinski definition) is 4. The van der Waals surface area contributed by atoms with Gasteiger partial charge in [0.1, 0.15) is 6.04 Å². The van der Waals surface area contributed by atoms with Gasteiger partial charge in [0, 0.05) is 23.5 Å². The van der Waals surface area contributed by atoms with Crippen molar-refractivity contribution in [3.05, 3.63) is 27.4 Å². The molecule has 1 aromatic heterocycles. The van der Waals surface area contributed by atoms with E-state index in [1.54, 1.807) is 27.7 Å². The van der Waals surface area contributed by atoms with Crippen LogP contribution in [0.1, 0.15) is 36.8 Å². The van der Waals surface area contributed by atoms with Crippen molar-refractivity contribution in [1.29, 1.82) is 0 Å². The third kappa shape index (κ3) is 3.23. The second-order valence-electron chi connectivity index (χ2n) is 4.55. The minimum Gasteiger partial charge on any atom is -0.481 e. The molecule has 7 nitrogen and oxygen atoms in total. The molecule has 1 aromatic rings. The predicted molar refractivity (Wildman–Crippen MR) is 72.7 cm³/mol. The van der Waals surface area contributed by atoms with Crippen molar-refractivity contribution in [2.75, 3.05) is 6.54 Å². The van der Waals surface area contributed by atoms with Crippen molar-refractivity contribution in [3.63, 3.8) is 0 Å². The Hall–Kier alpha value is -2.18. The quantitative estimate of drug-likeness (QED) is 0.802. The van der Waals surface area contributed by atoms with E-state index in [1.165, 1.54) is 4.57 Å². The lowest BCUT2D eigenvalue weighted by Crippen LogP contribution is -2.38. The summed E-state index contributed by atoms with van der Waals surface area (Å²) in [5, 5.41) is 11.5. The Labute approximate surface area is 116 Å². The van der Waals surface area contributed by atoms with Crippen molar-refractivity contribution in [2.24, 2.45) is 0 Å². The number of nitrogens with one attached hydrogen (secondary N) is 1. The van der Waals surface area contributed by atoms with Gasteiger partial charge in [-0.25, -0.2) is 4.79 Å². The zero-order chi connectivity index (χ0) is 15.4. The lowest BCUT2D eigenvalue weighted by Gasteiger charge is -2.19. The maximum Gasteiger partial charge on any atom is 0.348 e. The maximum absolute atomic E-state index is 12.0. The number of carbonyl (C=O) groups excluding carboxylic acids is 1. The van der Waals surface area contributed by atoms with Crippen LogP contribution in [-0.4, -0.2) is 33.1 Å². The van der Waals surface area contributed by atoms with E-state index < -0.39 is 17.7 Å². The molecule has 0 aromatic carbocycles. The Morgan fingerprint density at radius 2 is 2.00 bits per heavy atom. The molecule has 0 aliphatic heterocycles. The van der Waals surface area contributed by atoms with Crippen molar-refractivity contribution >= 4 is 11.9 Å². The Morgan fingerprint density at radius 3 is 2.50 bits per heavy atom. The summed E-state index contributed by atoms with van der Waals surface area (Å²) in [6, 6.07) is -0.733. The molecular weight excluding hydrogens is 262 g/mol. The van der Waals surface area contributed by atoms with Crippen molar-refractivity contribution < 1.29 is 14.7 Å². The minimum absolute atomic E-state index is 0.229. The molecule has 20 heavy (non-hydrogen) atoms. The van der Waals surface area contributed by atoms with E-state index in [0.29, 0.717) is 23.5 Å². The number of likely N-dealkylation sites (N-methyl/N-ethyl adjacent to an activating group) is 1. The van der Waals surface area contributed by atoms with E-state index >= 15 is 0 Å². The number of aryl methyl sites for hydroxylation is 1. The average molecular weight is 281 g/mol. The van der Waals surface area contributed by atoms with E-state index in [-0.39, 0.29) is 12.3 Å². The first-order valence-electron chi connectivity index (χ1n) is 6.37. The molecule has 1 heterocycles. The molecule has 0 radical (unpaired) electrons. The van der Waals surface area contributed by atoms with E-state index in [0.717, 1.165) is 0 Å². The first-order valence-corrected chi connectivity index (χ1v) is 6.37. The lowest BCUT2D eigenvalue weighted by atomic mass is 10.1. The average Bonchev–Trinajstić information content (AvgIpc) is 2.34. The van der Waals surface area contributed by atoms with Gasteiger partial charge in [-0.2, -0.15) is 4.98 Å². The second kappa shape index (κ2) is 6.31. The summed E-state index contributed by atoms with van der Waals surface area (Å²) in [5.41, 5.74) is 0.763. The molecule has 1 rings (SSSR count). The fourth-order valence-electron chi connectivity index (χ4n) is 2.12. The molecule has 0 saturated heterocycles. The maximum atomic E-state index is 12.0. The highest BCUT2D eigenvalue weighted by Gasteiger charge is 2.21. The molecule has 2 N–H and O–H groups in total. The molecule has 0 fully saturated rings. The van der Waals surface area contributed by atoms with Crippen LogP contribution in [0.4, 0.5) is 0 Å². The molecule has 1 atom stereocenters.